The summed E-state index contributed by atoms with van der Waals surface area (Å²) in [4.78, 5) is 36.0. The molecule has 2 aromatic carbocycles. The van der Waals surface area contributed by atoms with Crippen molar-refractivity contribution in [1.29, 1.82) is 0 Å². The van der Waals surface area contributed by atoms with Crippen molar-refractivity contribution >= 4 is 29.1 Å². The maximum absolute atomic E-state index is 12.7. The molecular weight excluding hydrogens is 412 g/mol. The van der Waals surface area contributed by atoms with Gasteiger partial charge in [-0.15, -0.1) is 11.3 Å². The molecule has 31 heavy (non-hydrogen) atoms. The zero-order valence-corrected chi connectivity index (χ0v) is 17.9. The molecule has 4 N–H and O–H groups in total. The summed E-state index contributed by atoms with van der Waals surface area (Å²) in [5, 5.41) is 12.2. The molecule has 0 saturated heterocycles. The van der Waals surface area contributed by atoms with E-state index in [0.717, 1.165) is 28.0 Å². The van der Waals surface area contributed by atoms with Crippen molar-refractivity contribution in [1.82, 2.24) is 5.32 Å². The van der Waals surface area contributed by atoms with Gasteiger partial charge in [-0.05, 0) is 41.7 Å². The highest BCUT2D eigenvalue weighted by Gasteiger charge is 2.22. The molecule has 0 spiro atoms. The van der Waals surface area contributed by atoms with Crippen LogP contribution in [-0.4, -0.2) is 28.9 Å². The Kier molecular flexibility index (Phi) is 7.20. The molecule has 0 fully saturated rings. The predicted octanol–water partition coefficient (Wildman–Crippen LogP) is 3.97. The van der Waals surface area contributed by atoms with Gasteiger partial charge in [0.15, 0.2) is 0 Å². The second kappa shape index (κ2) is 10.0. The van der Waals surface area contributed by atoms with Crippen molar-refractivity contribution in [3.05, 3.63) is 82.0 Å². The number of nitrogens with one attached hydrogen (secondary N) is 1. The number of rotatable bonds is 9. The van der Waals surface area contributed by atoms with Crippen LogP contribution in [0.2, 0.25) is 0 Å². The summed E-state index contributed by atoms with van der Waals surface area (Å²) >= 11 is 1.02. The third-order valence-corrected chi connectivity index (χ3v) is 6.11. The molecule has 0 bridgehead atoms. The first-order valence-electron chi connectivity index (χ1n) is 9.91. The predicted molar refractivity (Wildman–Crippen MR) is 121 cm³/mol. The van der Waals surface area contributed by atoms with Crippen LogP contribution >= 0.6 is 11.3 Å². The second-order valence-electron chi connectivity index (χ2n) is 7.44. The summed E-state index contributed by atoms with van der Waals surface area (Å²) in [5.74, 6) is -2.45. The number of aliphatic carboxylic acids is 1. The van der Waals surface area contributed by atoms with E-state index in [4.69, 9.17) is 5.73 Å². The lowest BCUT2D eigenvalue weighted by atomic mass is 9.95. The molecule has 1 heterocycles. The minimum absolute atomic E-state index is 0.287. The van der Waals surface area contributed by atoms with Gasteiger partial charge in [0.05, 0.1) is 15.7 Å². The van der Waals surface area contributed by atoms with Crippen molar-refractivity contribution in [2.24, 2.45) is 11.7 Å². The number of thiophene rings is 1. The molecule has 0 aliphatic carbocycles. The van der Waals surface area contributed by atoms with E-state index in [0.29, 0.717) is 16.2 Å². The molecule has 1 aromatic heterocycles. The fourth-order valence-electron chi connectivity index (χ4n) is 3.32. The molecule has 0 radical (unpaired) electrons. The van der Waals surface area contributed by atoms with Gasteiger partial charge in [-0.1, -0.05) is 61.5 Å². The van der Waals surface area contributed by atoms with Crippen molar-refractivity contribution in [2.45, 2.75) is 25.8 Å². The van der Waals surface area contributed by atoms with Crippen LogP contribution in [0.1, 0.15) is 38.3 Å². The first-order valence-corrected chi connectivity index (χ1v) is 10.7. The van der Waals surface area contributed by atoms with Crippen molar-refractivity contribution in [3.63, 3.8) is 0 Å². The molecule has 3 rings (SSSR count). The monoisotopic (exact) mass is 436 g/mol. The van der Waals surface area contributed by atoms with E-state index in [1.807, 2.05) is 54.6 Å². The van der Waals surface area contributed by atoms with E-state index >= 15 is 0 Å². The van der Waals surface area contributed by atoms with Crippen molar-refractivity contribution in [2.75, 3.05) is 0 Å². The number of hydrogen-bond acceptors (Lipinski definition) is 4. The molecule has 0 aliphatic rings. The third kappa shape index (κ3) is 6.02. The zero-order valence-electron chi connectivity index (χ0n) is 17.1. The minimum Gasteiger partial charge on any atom is -0.481 e. The Labute approximate surface area is 184 Å². The highest BCUT2D eigenvalue weighted by molar-refractivity contribution is 7.15. The van der Waals surface area contributed by atoms with Crippen LogP contribution in [0, 0.1) is 5.92 Å². The third-order valence-electron chi connectivity index (χ3n) is 5.01. The summed E-state index contributed by atoms with van der Waals surface area (Å²) in [5.41, 5.74) is 8.45. The van der Waals surface area contributed by atoms with Crippen LogP contribution in [0.5, 0.6) is 0 Å². The molecular formula is C24H24N2O4S. The normalized spacial score (nSPS) is 12.7. The number of amides is 2. The van der Waals surface area contributed by atoms with Crippen LogP contribution in [0.4, 0.5) is 0 Å². The first kappa shape index (κ1) is 22.2. The number of primary amides is 1. The van der Waals surface area contributed by atoms with Crippen molar-refractivity contribution in [3.8, 4) is 11.1 Å². The van der Waals surface area contributed by atoms with Crippen molar-refractivity contribution < 1.29 is 19.5 Å². The summed E-state index contributed by atoms with van der Waals surface area (Å²) in [6.07, 6.45) is 0.780. The van der Waals surface area contributed by atoms with Gasteiger partial charge in [0.1, 0.15) is 0 Å². The van der Waals surface area contributed by atoms with E-state index in [2.05, 4.69) is 5.32 Å². The van der Waals surface area contributed by atoms with Gasteiger partial charge < -0.3 is 16.2 Å². The Morgan fingerprint density at radius 2 is 1.55 bits per heavy atom. The number of carboxylic acid groups (broad SMARTS) is 1. The molecule has 2 amide bonds. The summed E-state index contributed by atoms with van der Waals surface area (Å²) in [7, 11) is 0. The average molecular weight is 437 g/mol. The van der Waals surface area contributed by atoms with Crippen LogP contribution in [0.25, 0.3) is 11.1 Å². The Morgan fingerprint density at radius 3 is 2.13 bits per heavy atom. The van der Waals surface area contributed by atoms with Gasteiger partial charge in [0.25, 0.3) is 11.8 Å². The van der Waals surface area contributed by atoms with Crippen LogP contribution in [0.3, 0.4) is 0 Å². The molecule has 160 valence electrons. The Balaban J connectivity index is 1.74. The van der Waals surface area contributed by atoms with E-state index < -0.39 is 17.8 Å². The molecule has 7 heteroatoms. The van der Waals surface area contributed by atoms with Gasteiger partial charge in [-0.2, -0.15) is 0 Å². The van der Waals surface area contributed by atoms with Crippen LogP contribution in [0.15, 0.2) is 66.7 Å². The summed E-state index contributed by atoms with van der Waals surface area (Å²) in [6, 6.07) is 20.7. The summed E-state index contributed by atoms with van der Waals surface area (Å²) < 4.78 is 0. The topological polar surface area (TPSA) is 109 Å². The molecule has 0 aliphatic heterocycles. The number of hydrogen-bond donors (Lipinski definition) is 3. The molecule has 3 aromatic rings. The van der Waals surface area contributed by atoms with E-state index in [9.17, 15) is 19.5 Å². The number of carboxylic acids is 1. The lowest BCUT2D eigenvalue weighted by Gasteiger charge is -2.21. The highest BCUT2D eigenvalue weighted by atomic mass is 32.1. The fraction of sp³-hybridized carbons (Fsp3) is 0.208. The van der Waals surface area contributed by atoms with Crippen LogP contribution < -0.4 is 11.1 Å². The maximum atomic E-state index is 12.7. The Hall–Kier alpha value is -3.45. The lowest BCUT2D eigenvalue weighted by Crippen LogP contribution is -2.38. The number of carbonyl (C=O) groups is 3. The zero-order chi connectivity index (χ0) is 22.4. The van der Waals surface area contributed by atoms with Gasteiger partial charge in [-0.3, -0.25) is 14.4 Å². The largest absolute Gasteiger partial charge is 0.481 e. The molecule has 6 nitrogen and oxygen atoms in total. The first-order chi connectivity index (χ1) is 14.8. The van der Waals surface area contributed by atoms with Gasteiger partial charge >= 0.3 is 5.97 Å². The fourth-order valence-corrected chi connectivity index (χ4v) is 4.08. The van der Waals surface area contributed by atoms with Gasteiger partial charge in [0, 0.05) is 6.04 Å². The summed E-state index contributed by atoms with van der Waals surface area (Å²) in [6.45, 7) is 1.62. The average Bonchev–Trinajstić information content (AvgIpc) is 3.25. The Morgan fingerprint density at radius 1 is 0.935 bits per heavy atom. The van der Waals surface area contributed by atoms with E-state index in [1.54, 1.807) is 13.0 Å². The Bertz CT molecular complexity index is 1060. The van der Waals surface area contributed by atoms with Gasteiger partial charge in [-0.25, -0.2) is 0 Å². The standard InChI is InChI=1S/C24H24N2O4S/c1-15(24(29)30)13-19(26-23(28)21-12-11-20(31-21)22(25)27)14-16-7-9-18(10-8-16)17-5-3-2-4-6-17/h2-12,15,19H,13-14H2,1H3,(H2,25,27)(H,26,28)(H,29,30)/t15-,19+/m1/s1. The number of nitrogens with two attached hydrogens (primary N) is 1. The van der Waals surface area contributed by atoms with Crippen LogP contribution in [-0.2, 0) is 11.2 Å². The number of carbonyl (C=O) groups excluding carboxylic acids is 2. The van der Waals surface area contributed by atoms with E-state index in [1.165, 1.54) is 6.07 Å². The quantitative estimate of drug-likeness (QED) is 0.471. The SMILES string of the molecule is C[C@H](C[C@@H](Cc1ccc(-c2ccccc2)cc1)NC(=O)c1ccc(C(N)=O)s1)C(=O)O. The molecule has 0 unspecified atom stereocenters. The smallest absolute Gasteiger partial charge is 0.306 e. The van der Waals surface area contributed by atoms with E-state index in [-0.39, 0.29) is 18.4 Å². The maximum Gasteiger partial charge on any atom is 0.306 e. The number of benzene rings is 2. The minimum atomic E-state index is -0.911. The molecule has 2 atom stereocenters. The second-order valence-corrected chi connectivity index (χ2v) is 8.52. The molecule has 0 saturated carbocycles. The highest BCUT2D eigenvalue weighted by Crippen LogP contribution is 2.21. The van der Waals surface area contributed by atoms with Gasteiger partial charge in [0.2, 0.25) is 0 Å². The lowest BCUT2D eigenvalue weighted by molar-refractivity contribution is -0.141.